The summed E-state index contributed by atoms with van der Waals surface area (Å²) in [6.45, 7) is 2.57. The van der Waals surface area contributed by atoms with Gasteiger partial charge in [-0.3, -0.25) is 9.59 Å². The maximum Gasteiger partial charge on any atom is 0.267 e. The third-order valence-electron chi connectivity index (χ3n) is 5.76. The van der Waals surface area contributed by atoms with Crippen molar-refractivity contribution in [2.24, 2.45) is 0 Å². The van der Waals surface area contributed by atoms with Crippen LogP contribution in [0.1, 0.15) is 41.8 Å². The largest absolute Gasteiger partial charge is 0.482 e. The average Bonchev–Trinajstić information content (AvgIpc) is 3.23. The van der Waals surface area contributed by atoms with E-state index in [1.165, 1.54) is 17.8 Å². The van der Waals surface area contributed by atoms with Crippen LogP contribution in [0, 0.1) is 0 Å². The van der Waals surface area contributed by atoms with Crippen LogP contribution in [0.25, 0.3) is 10.4 Å². The molecule has 0 saturated carbocycles. The highest BCUT2D eigenvalue weighted by Crippen LogP contribution is 2.37. The molecule has 4 rings (SSSR count). The van der Waals surface area contributed by atoms with Crippen molar-refractivity contribution in [2.75, 3.05) is 32.8 Å². The minimum atomic E-state index is -0.338. The van der Waals surface area contributed by atoms with Crippen LogP contribution < -0.4 is 4.74 Å². The van der Waals surface area contributed by atoms with Gasteiger partial charge in [0.2, 0.25) is 0 Å². The van der Waals surface area contributed by atoms with E-state index in [0.29, 0.717) is 36.6 Å². The lowest BCUT2D eigenvalue weighted by molar-refractivity contribution is -0.134. The summed E-state index contributed by atoms with van der Waals surface area (Å²) >= 11 is 1.40. The molecule has 0 spiro atoms. The molecule has 0 unspecified atom stereocenters. The molecule has 3 heterocycles. The summed E-state index contributed by atoms with van der Waals surface area (Å²) in [5.74, 6) is 0.358. The summed E-state index contributed by atoms with van der Waals surface area (Å²) < 4.78 is 5.91. The number of ether oxygens (including phenoxy) is 1. The highest BCUT2D eigenvalue weighted by Gasteiger charge is 2.27. The van der Waals surface area contributed by atoms with E-state index < -0.39 is 0 Å². The van der Waals surface area contributed by atoms with Crippen molar-refractivity contribution in [2.45, 2.75) is 38.2 Å². The Morgan fingerprint density at radius 1 is 1.00 bits per heavy atom. The first-order valence-corrected chi connectivity index (χ1v) is 11.5. The maximum atomic E-state index is 13.2. The molecular formula is C23H28N2O4S. The van der Waals surface area contributed by atoms with Gasteiger partial charge in [0.25, 0.3) is 11.8 Å². The lowest BCUT2D eigenvalue weighted by Gasteiger charge is -2.29. The molecule has 2 amide bonds. The van der Waals surface area contributed by atoms with E-state index in [1.807, 2.05) is 41.3 Å². The molecular weight excluding hydrogens is 400 g/mol. The minimum Gasteiger partial charge on any atom is -0.482 e. The molecule has 30 heavy (non-hydrogen) atoms. The standard InChI is InChI=1S/C23H28N2O4S/c26-18-9-13-25(14-10-18)23(28)22-19(15-20(30-22)17-7-3-1-4-8-17)29-16-21(27)24-11-5-2-6-12-24/h1,3-4,7-8,15,18,26H,2,5-6,9-14,16H2. The van der Waals surface area contributed by atoms with E-state index in [9.17, 15) is 14.7 Å². The Labute approximate surface area is 181 Å². The predicted octanol–water partition coefficient (Wildman–Crippen LogP) is 3.40. The molecule has 2 aromatic rings. The first-order chi connectivity index (χ1) is 14.6. The van der Waals surface area contributed by atoms with E-state index in [4.69, 9.17) is 4.74 Å². The van der Waals surface area contributed by atoms with Gasteiger partial charge in [-0.1, -0.05) is 30.3 Å². The molecule has 0 aliphatic carbocycles. The molecule has 6 nitrogen and oxygen atoms in total. The highest BCUT2D eigenvalue weighted by molar-refractivity contribution is 7.17. The van der Waals surface area contributed by atoms with Crippen molar-refractivity contribution in [1.29, 1.82) is 0 Å². The Morgan fingerprint density at radius 2 is 1.70 bits per heavy atom. The van der Waals surface area contributed by atoms with Gasteiger partial charge in [0.05, 0.1) is 6.10 Å². The SMILES string of the molecule is O=C(COc1cc(-c2ccccc2)sc1C(=O)N1CCC(O)CC1)N1CCCCC1. The molecule has 160 valence electrons. The van der Waals surface area contributed by atoms with Crippen LogP contribution in [0.5, 0.6) is 5.75 Å². The van der Waals surface area contributed by atoms with Crippen molar-refractivity contribution < 1.29 is 19.4 Å². The summed E-state index contributed by atoms with van der Waals surface area (Å²) in [6, 6.07) is 11.7. The highest BCUT2D eigenvalue weighted by atomic mass is 32.1. The van der Waals surface area contributed by atoms with E-state index in [0.717, 1.165) is 36.4 Å². The topological polar surface area (TPSA) is 70.1 Å². The number of likely N-dealkylation sites (tertiary alicyclic amines) is 2. The normalized spacial score (nSPS) is 17.8. The Morgan fingerprint density at radius 3 is 2.40 bits per heavy atom. The van der Waals surface area contributed by atoms with E-state index >= 15 is 0 Å². The van der Waals surface area contributed by atoms with Crippen molar-refractivity contribution in [3.8, 4) is 16.2 Å². The third kappa shape index (κ3) is 4.84. The average molecular weight is 429 g/mol. The van der Waals surface area contributed by atoms with Gasteiger partial charge in [0.1, 0.15) is 10.6 Å². The number of amides is 2. The zero-order valence-corrected chi connectivity index (χ0v) is 17.9. The number of carbonyl (C=O) groups is 2. The molecule has 1 aromatic carbocycles. The van der Waals surface area contributed by atoms with Crippen LogP contribution in [0.15, 0.2) is 36.4 Å². The van der Waals surface area contributed by atoms with Gasteiger partial charge in [-0.15, -0.1) is 11.3 Å². The predicted molar refractivity (Wildman–Crippen MR) is 117 cm³/mol. The second kappa shape index (κ2) is 9.62. The van der Waals surface area contributed by atoms with Gasteiger partial charge in [0.15, 0.2) is 6.61 Å². The number of aliphatic hydroxyl groups excluding tert-OH is 1. The lowest BCUT2D eigenvalue weighted by atomic mass is 10.1. The number of thiophene rings is 1. The Balaban J connectivity index is 1.53. The van der Waals surface area contributed by atoms with Crippen molar-refractivity contribution in [3.63, 3.8) is 0 Å². The number of hydrogen-bond acceptors (Lipinski definition) is 5. The molecule has 1 aromatic heterocycles. The van der Waals surface area contributed by atoms with Crippen LogP contribution in [0.2, 0.25) is 0 Å². The fourth-order valence-electron chi connectivity index (χ4n) is 3.96. The second-order valence-electron chi connectivity index (χ2n) is 7.92. The minimum absolute atomic E-state index is 0.0262. The molecule has 0 bridgehead atoms. The summed E-state index contributed by atoms with van der Waals surface area (Å²) in [7, 11) is 0. The van der Waals surface area contributed by atoms with Gasteiger partial charge in [-0.05, 0) is 43.7 Å². The first kappa shape index (κ1) is 20.9. The van der Waals surface area contributed by atoms with Crippen molar-refractivity contribution >= 4 is 23.2 Å². The van der Waals surface area contributed by atoms with Crippen LogP contribution in [0.4, 0.5) is 0 Å². The smallest absolute Gasteiger partial charge is 0.267 e. The zero-order chi connectivity index (χ0) is 20.9. The van der Waals surface area contributed by atoms with Gasteiger partial charge in [-0.25, -0.2) is 0 Å². The van der Waals surface area contributed by atoms with E-state index in [1.54, 1.807) is 4.90 Å². The lowest BCUT2D eigenvalue weighted by Crippen LogP contribution is -2.40. The third-order valence-corrected chi connectivity index (χ3v) is 6.92. The zero-order valence-electron chi connectivity index (χ0n) is 17.1. The molecule has 2 aliphatic rings. The van der Waals surface area contributed by atoms with Crippen molar-refractivity contribution in [3.05, 3.63) is 41.3 Å². The molecule has 0 radical (unpaired) electrons. The summed E-state index contributed by atoms with van der Waals surface area (Å²) in [6.07, 6.45) is 4.08. The summed E-state index contributed by atoms with van der Waals surface area (Å²) in [4.78, 5) is 30.8. The van der Waals surface area contributed by atoms with Crippen LogP contribution in [-0.4, -0.2) is 65.6 Å². The number of benzene rings is 1. The first-order valence-electron chi connectivity index (χ1n) is 10.7. The quantitative estimate of drug-likeness (QED) is 0.792. The van der Waals surface area contributed by atoms with Gasteiger partial charge in [-0.2, -0.15) is 0 Å². The molecule has 2 aliphatic heterocycles. The van der Waals surface area contributed by atoms with Crippen molar-refractivity contribution in [1.82, 2.24) is 9.80 Å². The Hall–Kier alpha value is -2.38. The number of nitrogens with zero attached hydrogens (tertiary/aromatic N) is 2. The Bertz CT molecular complexity index is 869. The number of aliphatic hydroxyl groups is 1. The second-order valence-corrected chi connectivity index (χ2v) is 8.98. The van der Waals surface area contributed by atoms with Gasteiger partial charge in [0, 0.05) is 31.1 Å². The fourth-order valence-corrected chi connectivity index (χ4v) is 5.04. The van der Waals surface area contributed by atoms with Gasteiger partial charge >= 0.3 is 0 Å². The fraction of sp³-hybridized carbons (Fsp3) is 0.478. The summed E-state index contributed by atoms with van der Waals surface area (Å²) in [5, 5.41) is 9.75. The van der Waals surface area contributed by atoms with E-state index in [2.05, 4.69) is 0 Å². The van der Waals surface area contributed by atoms with Crippen LogP contribution in [0.3, 0.4) is 0 Å². The molecule has 1 N–H and O–H groups in total. The van der Waals surface area contributed by atoms with Gasteiger partial charge < -0.3 is 19.6 Å². The number of hydrogen-bond donors (Lipinski definition) is 1. The van der Waals surface area contributed by atoms with Crippen LogP contribution >= 0.6 is 11.3 Å². The molecule has 0 atom stereocenters. The number of piperidine rings is 2. The Kier molecular flexibility index (Phi) is 6.69. The molecule has 2 fully saturated rings. The van der Waals surface area contributed by atoms with E-state index in [-0.39, 0.29) is 24.5 Å². The number of carbonyl (C=O) groups excluding carboxylic acids is 2. The molecule has 2 saturated heterocycles. The van der Waals surface area contributed by atoms with Crippen LogP contribution in [-0.2, 0) is 4.79 Å². The number of rotatable bonds is 5. The molecule has 7 heteroatoms. The maximum absolute atomic E-state index is 13.2. The monoisotopic (exact) mass is 428 g/mol. The summed E-state index contributed by atoms with van der Waals surface area (Å²) in [5.41, 5.74) is 1.02.